The fourth-order valence-corrected chi connectivity index (χ4v) is 3.62. The average molecular weight is 364 g/mol. The number of imide groups is 1. The Balaban J connectivity index is 1.79. The van der Waals surface area contributed by atoms with E-state index < -0.39 is 0 Å². The number of nitrogens with zero attached hydrogens (tertiary/aromatic N) is 1. The highest BCUT2D eigenvalue weighted by Crippen LogP contribution is 2.30. The second-order valence-corrected chi connectivity index (χ2v) is 7.54. The van der Waals surface area contributed by atoms with E-state index in [-0.39, 0.29) is 11.8 Å². The number of amides is 2. The molecule has 0 N–H and O–H groups in total. The van der Waals surface area contributed by atoms with Crippen molar-refractivity contribution in [2.24, 2.45) is 0 Å². The summed E-state index contributed by atoms with van der Waals surface area (Å²) in [7, 11) is 0. The van der Waals surface area contributed by atoms with Gasteiger partial charge in [-0.1, -0.05) is 58.2 Å². The molecule has 3 rings (SSSR count). The van der Waals surface area contributed by atoms with Gasteiger partial charge in [0, 0.05) is 0 Å². The summed E-state index contributed by atoms with van der Waals surface area (Å²) in [6, 6.07) is 13.5. The third-order valence-electron chi connectivity index (χ3n) is 5.60. The van der Waals surface area contributed by atoms with Gasteiger partial charge in [0.2, 0.25) is 0 Å². The number of unbranched alkanes of at least 4 members (excludes halogenated alkanes) is 3. The Morgan fingerprint density at radius 2 is 1.56 bits per heavy atom. The van der Waals surface area contributed by atoms with Crippen molar-refractivity contribution < 1.29 is 9.59 Å². The van der Waals surface area contributed by atoms with E-state index in [4.69, 9.17) is 0 Å². The maximum absolute atomic E-state index is 12.9. The summed E-state index contributed by atoms with van der Waals surface area (Å²) >= 11 is 0. The van der Waals surface area contributed by atoms with Gasteiger partial charge < -0.3 is 0 Å². The highest BCUT2D eigenvalue weighted by Gasteiger charge is 2.36. The fraction of sp³-hybridized carbons (Fsp3) is 0.417. The maximum atomic E-state index is 12.9. The predicted octanol–water partition coefficient (Wildman–Crippen LogP) is 6.12. The molecule has 0 saturated carbocycles. The van der Waals surface area contributed by atoms with E-state index in [0.29, 0.717) is 22.7 Å². The lowest BCUT2D eigenvalue weighted by atomic mass is 9.98. The zero-order valence-electron chi connectivity index (χ0n) is 16.6. The number of hydrogen-bond donors (Lipinski definition) is 0. The Hall–Kier alpha value is -2.42. The van der Waals surface area contributed by atoms with Crippen molar-refractivity contribution in [3.8, 4) is 0 Å². The largest absolute Gasteiger partial charge is 0.268 e. The van der Waals surface area contributed by atoms with Crippen LogP contribution in [0, 0.1) is 0 Å². The van der Waals surface area contributed by atoms with E-state index in [0.717, 1.165) is 24.8 Å². The van der Waals surface area contributed by atoms with Gasteiger partial charge in [-0.25, -0.2) is 4.90 Å². The minimum Gasteiger partial charge on any atom is -0.268 e. The van der Waals surface area contributed by atoms with E-state index in [1.165, 1.54) is 29.7 Å². The van der Waals surface area contributed by atoms with E-state index in [1.807, 2.05) is 42.5 Å². The van der Waals surface area contributed by atoms with Crippen LogP contribution in [0.3, 0.4) is 0 Å². The lowest BCUT2D eigenvalue weighted by molar-refractivity contribution is 0.0926. The van der Waals surface area contributed by atoms with Crippen molar-refractivity contribution in [3.63, 3.8) is 0 Å². The van der Waals surface area contributed by atoms with Crippen LogP contribution in [0.4, 0.5) is 5.69 Å². The van der Waals surface area contributed by atoms with Gasteiger partial charge in [-0.15, -0.1) is 0 Å². The quantitative estimate of drug-likeness (QED) is 0.418. The van der Waals surface area contributed by atoms with Gasteiger partial charge in [0.15, 0.2) is 0 Å². The second-order valence-electron chi connectivity index (χ2n) is 7.54. The second kappa shape index (κ2) is 8.51. The molecule has 142 valence electrons. The van der Waals surface area contributed by atoms with Gasteiger partial charge in [0.1, 0.15) is 0 Å². The number of rotatable bonds is 8. The Bertz CT molecular complexity index is 823. The highest BCUT2D eigenvalue weighted by molar-refractivity contribution is 6.34. The van der Waals surface area contributed by atoms with Gasteiger partial charge in [0.05, 0.1) is 16.8 Å². The van der Waals surface area contributed by atoms with Crippen LogP contribution < -0.4 is 4.90 Å². The van der Waals surface area contributed by atoms with E-state index in [1.54, 1.807) is 0 Å². The predicted molar refractivity (Wildman–Crippen MR) is 111 cm³/mol. The van der Waals surface area contributed by atoms with Crippen LogP contribution in [0.5, 0.6) is 0 Å². The van der Waals surface area contributed by atoms with E-state index >= 15 is 0 Å². The van der Waals surface area contributed by atoms with E-state index in [9.17, 15) is 9.59 Å². The molecule has 0 radical (unpaired) electrons. The molecule has 27 heavy (non-hydrogen) atoms. The first-order valence-corrected chi connectivity index (χ1v) is 10.2. The Morgan fingerprint density at radius 1 is 0.852 bits per heavy atom. The molecule has 3 nitrogen and oxygen atoms in total. The molecule has 0 saturated heterocycles. The minimum atomic E-state index is -0.219. The smallest absolute Gasteiger partial charge is 0.266 e. The molecule has 1 unspecified atom stereocenters. The van der Waals surface area contributed by atoms with Crippen molar-refractivity contribution in [1.82, 2.24) is 0 Å². The van der Waals surface area contributed by atoms with E-state index in [2.05, 4.69) is 20.8 Å². The number of aryl methyl sites for hydroxylation is 1. The molecule has 2 aromatic rings. The number of carbonyl (C=O) groups is 2. The zero-order chi connectivity index (χ0) is 19.4. The summed E-state index contributed by atoms with van der Waals surface area (Å²) in [6.45, 7) is 6.53. The van der Waals surface area contributed by atoms with Crippen LogP contribution in [-0.4, -0.2) is 11.8 Å². The first-order valence-electron chi connectivity index (χ1n) is 10.2. The summed E-state index contributed by atoms with van der Waals surface area (Å²) in [5.41, 5.74) is 4.08. The number of benzene rings is 2. The fourth-order valence-electron chi connectivity index (χ4n) is 3.62. The molecule has 1 aliphatic heterocycles. The first-order chi connectivity index (χ1) is 13.1. The molecular formula is C24H29NO2. The van der Waals surface area contributed by atoms with Gasteiger partial charge in [-0.3, -0.25) is 9.59 Å². The SMILES string of the molecule is CCCCCCc1ccc2c(c1)C(=O)N(c1ccc(C(C)CC)cc1)C2=O. The molecule has 1 aliphatic rings. The van der Waals surface area contributed by atoms with Gasteiger partial charge in [-0.2, -0.15) is 0 Å². The van der Waals surface area contributed by atoms with Gasteiger partial charge in [0.25, 0.3) is 11.8 Å². The highest BCUT2D eigenvalue weighted by atomic mass is 16.2. The monoisotopic (exact) mass is 363 g/mol. The number of anilines is 1. The molecule has 1 atom stereocenters. The topological polar surface area (TPSA) is 37.4 Å². The summed E-state index contributed by atoms with van der Waals surface area (Å²) in [5.74, 6) is 0.0435. The lowest BCUT2D eigenvalue weighted by Gasteiger charge is -2.15. The van der Waals surface area contributed by atoms with Crippen LogP contribution in [0.1, 0.15) is 90.6 Å². The van der Waals surface area contributed by atoms with Crippen LogP contribution in [0.15, 0.2) is 42.5 Å². The Kier molecular flexibility index (Phi) is 6.10. The summed E-state index contributed by atoms with van der Waals surface area (Å²) in [5, 5.41) is 0. The van der Waals surface area contributed by atoms with Gasteiger partial charge >= 0.3 is 0 Å². The first kappa shape index (κ1) is 19.3. The summed E-state index contributed by atoms with van der Waals surface area (Å²) < 4.78 is 0. The molecule has 1 heterocycles. The molecule has 0 fully saturated rings. The molecule has 0 aliphatic carbocycles. The average Bonchev–Trinajstić information content (AvgIpc) is 2.95. The molecule has 0 aromatic heterocycles. The normalized spacial score (nSPS) is 14.6. The van der Waals surface area contributed by atoms with Crippen molar-refractivity contribution in [2.45, 2.75) is 65.2 Å². The zero-order valence-corrected chi connectivity index (χ0v) is 16.6. The molecule has 3 heteroatoms. The van der Waals surface area contributed by atoms with Crippen molar-refractivity contribution in [2.75, 3.05) is 4.90 Å². The maximum Gasteiger partial charge on any atom is 0.266 e. The van der Waals surface area contributed by atoms with Crippen LogP contribution in [-0.2, 0) is 6.42 Å². The molecular weight excluding hydrogens is 334 g/mol. The molecule has 0 bridgehead atoms. The van der Waals surface area contributed by atoms with Crippen molar-refractivity contribution >= 4 is 17.5 Å². The van der Waals surface area contributed by atoms with Crippen LogP contribution in [0.2, 0.25) is 0 Å². The number of hydrogen-bond acceptors (Lipinski definition) is 2. The Labute approximate surface area is 162 Å². The van der Waals surface area contributed by atoms with Gasteiger partial charge in [-0.05, 0) is 60.6 Å². The third kappa shape index (κ3) is 3.97. The molecule has 2 aromatic carbocycles. The Morgan fingerprint density at radius 3 is 2.22 bits per heavy atom. The van der Waals surface area contributed by atoms with Crippen LogP contribution >= 0.6 is 0 Å². The summed E-state index contributed by atoms with van der Waals surface area (Å²) in [6.07, 6.45) is 6.79. The van der Waals surface area contributed by atoms with Crippen molar-refractivity contribution in [3.05, 3.63) is 64.7 Å². The molecule has 0 spiro atoms. The lowest BCUT2D eigenvalue weighted by Crippen LogP contribution is -2.29. The number of carbonyl (C=O) groups excluding carboxylic acids is 2. The standard InChI is InChI=1S/C24H29NO2/c1-4-6-7-8-9-18-10-15-21-22(16-18)24(27)25(23(21)26)20-13-11-19(12-14-20)17(3)5-2/h10-17H,4-9H2,1-3H3. The van der Waals surface area contributed by atoms with Crippen molar-refractivity contribution in [1.29, 1.82) is 0 Å². The third-order valence-corrected chi connectivity index (χ3v) is 5.60. The minimum absolute atomic E-state index is 0.207. The summed E-state index contributed by atoms with van der Waals surface area (Å²) in [4.78, 5) is 27.0. The van der Waals surface area contributed by atoms with Crippen LogP contribution in [0.25, 0.3) is 0 Å². The molecule has 2 amide bonds. The number of fused-ring (bicyclic) bond motifs is 1.